The van der Waals surface area contributed by atoms with Crippen LogP contribution in [0.1, 0.15) is 19.7 Å². The van der Waals surface area contributed by atoms with Gasteiger partial charge in [-0.3, -0.25) is 14.4 Å². The second-order valence-electron chi connectivity index (χ2n) is 7.47. The van der Waals surface area contributed by atoms with Gasteiger partial charge in [0.1, 0.15) is 11.2 Å². The number of carboxylic acids is 1. The number of aromatic amines is 1. The van der Waals surface area contributed by atoms with E-state index in [2.05, 4.69) is 20.4 Å². The summed E-state index contributed by atoms with van der Waals surface area (Å²) in [6.45, 7) is 3.49. The maximum Gasteiger partial charge on any atom is 0.307 e. The lowest BCUT2D eigenvalue weighted by Crippen LogP contribution is -2.28. The molecule has 1 amide bonds. The average Bonchev–Trinajstić information content (AvgIpc) is 3.02. The zero-order valence-corrected chi connectivity index (χ0v) is 15.3. The van der Waals surface area contributed by atoms with Crippen molar-refractivity contribution in [1.29, 1.82) is 0 Å². The largest absolute Gasteiger partial charge is 0.481 e. The summed E-state index contributed by atoms with van der Waals surface area (Å²) in [5.41, 5.74) is 0.197. The molecule has 2 aromatic heterocycles. The molecule has 9 heteroatoms. The Labute approximate surface area is 159 Å². The van der Waals surface area contributed by atoms with Crippen LogP contribution < -0.4 is 10.9 Å². The molecule has 3 aromatic rings. The number of aromatic nitrogens is 4. The van der Waals surface area contributed by atoms with Gasteiger partial charge in [-0.25, -0.2) is 9.67 Å². The van der Waals surface area contributed by atoms with Crippen molar-refractivity contribution in [2.75, 3.05) is 0 Å². The van der Waals surface area contributed by atoms with Crippen LogP contribution >= 0.6 is 0 Å². The summed E-state index contributed by atoms with van der Waals surface area (Å²) in [4.78, 5) is 43.0. The van der Waals surface area contributed by atoms with E-state index in [0.717, 1.165) is 5.69 Å². The van der Waals surface area contributed by atoms with Gasteiger partial charge in [0.25, 0.3) is 5.56 Å². The Hall–Kier alpha value is -3.49. The number of hydrogen-bond acceptors (Lipinski definition) is 5. The number of fused-ring (bicyclic) bond motifs is 1. The molecular formula is C19H19N5O4. The van der Waals surface area contributed by atoms with E-state index in [9.17, 15) is 19.5 Å². The molecule has 0 saturated heterocycles. The predicted molar refractivity (Wildman–Crippen MR) is 99.7 cm³/mol. The molecule has 3 N–H and O–H groups in total. The highest BCUT2D eigenvalue weighted by Crippen LogP contribution is 2.58. The highest BCUT2D eigenvalue weighted by atomic mass is 16.4. The predicted octanol–water partition coefficient (Wildman–Crippen LogP) is 1.08. The monoisotopic (exact) mass is 381 g/mol. The Balaban J connectivity index is 1.58. The van der Waals surface area contributed by atoms with E-state index in [1.54, 1.807) is 18.5 Å². The molecule has 0 spiro atoms. The Morgan fingerprint density at radius 2 is 1.96 bits per heavy atom. The summed E-state index contributed by atoms with van der Waals surface area (Å²) in [5.74, 6) is -2.38. The number of benzene rings is 1. The fraction of sp³-hybridized carbons (Fsp3) is 0.316. The molecule has 0 unspecified atom stereocenters. The minimum absolute atomic E-state index is 0.0110. The highest BCUT2D eigenvalue weighted by molar-refractivity contribution is 5.91. The van der Waals surface area contributed by atoms with Crippen molar-refractivity contribution in [2.24, 2.45) is 17.3 Å². The first-order valence-corrected chi connectivity index (χ1v) is 8.83. The Kier molecular flexibility index (Phi) is 4.02. The van der Waals surface area contributed by atoms with Crippen LogP contribution in [0.5, 0.6) is 0 Å². The van der Waals surface area contributed by atoms with Gasteiger partial charge in [0.05, 0.1) is 30.3 Å². The van der Waals surface area contributed by atoms with Gasteiger partial charge in [-0.1, -0.05) is 32.0 Å². The second-order valence-corrected chi connectivity index (χ2v) is 7.47. The lowest BCUT2D eigenvalue weighted by molar-refractivity contribution is -0.140. The molecule has 0 aliphatic heterocycles. The minimum Gasteiger partial charge on any atom is -0.481 e. The third-order valence-electron chi connectivity index (χ3n) is 5.29. The fourth-order valence-electron chi connectivity index (χ4n) is 3.67. The second kappa shape index (κ2) is 6.29. The first kappa shape index (κ1) is 17.9. The standard InChI is InChI=1S/C19H19N5O4/c1-19(2)13(14(19)18(27)28)17(26)20-9-12-22-15-11(16(25)23-12)8-21-24(15)10-6-4-3-5-7-10/h3-8,13-14H,9H2,1-2H3,(H,20,26)(H,27,28)(H,22,23,25)/t13-,14-/m0/s1. The van der Waals surface area contributed by atoms with Crippen LogP contribution in [-0.2, 0) is 16.1 Å². The van der Waals surface area contributed by atoms with Gasteiger partial charge in [0.15, 0.2) is 5.65 Å². The van der Waals surface area contributed by atoms with Crippen molar-refractivity contribution in [1.82, 2.24) is 25.1 Å². The van der Waals surface area contributed by atoms with E-state index in [1.807, 2.05) is 30.3 Å². The van der Waals surface area contributed by atoms with Gasteiger partial charge in [0, 0.05) is 0 Å². The highest BCUT2D eigenvalue weighted by Gasteiger charge is 2.65. The number of nitrogens with zero attached hydrogens (tertiary/aromatic N) is 3. The van der Waals surface area contributed by atoms with Crippen LogP contribution in [0.25, 0.3) is 16.7 Å². The van der Waals surface area contributed by atoms with Crippen LogP contribution in [0.4, 0.5) is 0 Å². The van der Waals surface area contributed by atoms with Crippen molar-refractivity contribution in [3.8, 4) is 5.69 Å². The number of H-pyrrole nitrogens is 1. The zero-order valence-electron chi connectivity index (χ0n) is 15.3. The number of nitrogens with one attached hydrogen (secondary N) is 2. The summed E-state index contributed by atoms with van der Waals surface area (Å²) in [5, 5.41) is 16.5. The van der Waals surface area contributed by atoms with Crippen molar-refractivity contribution in [2.45, 2.75) is 20.4 Å². The van der Waals surface area contributed by atoms with Gasteiger partial charge in [-0.2, -0.15) is 5.10 Å². The normalized spacial score (nSPS) is 20.1. The van der Waals surface area contributed by atoms with Crippen molar-refractivity contribution < 1.29 is 14.7 Å². The SMILES string of the molecule is CC1(C)[C@H](C(=O)O)[C@H]1C(=O)NCc1nc2c(cnn2-c2ccccc2)c(=O)[nH]1. The summed E-state index contributed by atoms with van der Waals surface area (Å²) in [6, 6.07) is 9.27. The Morgan fingerprint density at radius 3 is 2.61 bits per heavy atom. The molecule has 4 rings (SSSR count). The smallest absolute Gasteiger partial charge is 0.307 e. The molecule has 2 heterocycles. The third kappa shape index (κ3) is 2.84. The van der Waals surface area contributed by atoms with Gasteiger partial charge in [0.2, 0.25) is 5.91 Å². The number of hydrogen-bond donors (Lipinski definition) is 3. The van der Waals surface area contributed by atoms with Crippen LogP contribution in [-0.4, -0.2) is 36.7 Å². The van der Waals surface area contributed by atoms with Gasteiger partial charge >= 0.3 is 5.97 Å². The van der Waals surface area contributed by atoms with E-state index in [-0.39, 0.29) is 23.8 Å². The summed E-state index contributed by atoms with van der Waals surface area (Å²) in [7, 11) is 0. The van der Waals surface area contributed by atoms with E-state index in [1.165, 1.54) is 6.20 Å². The third-order valence-corrected chi connectivity index (χ3v) is 5.29. The fourth-order valence-corrected chi connectivity index (χ4v) is 3.67. The lowest BCUT2D eigenvalue weighted by Gasteiger charge is -2.07. The van der Waals surface area contributed by atoms with Crippen molar-refractivity contribution in [3.63, 3.8) is 0 Å². The van der Waals surface area contributed by atoms with Crippen molar-refractivity contribution in [3.05, 3.63) is 52.7 Å². The van der Waals surface area contributed by atoms with Crippen LogP contribution in [0, 0.1) is 17.3 Å². The molecule has 0 bridgehead atoms. The minimum atomic E-state index is -0.982. The number of aliphatic carboxylic acids is 1. The number of carboxylic acid groups (broad SMARTS) is 1. The van der Waals surface area contributed by atoms with E-state index in [0.29, 0.717) is 11.0 Å². The van der Waals surface area contributed by atoms with E-state index in [4.69, 9.17) is 0 Å². The van der Waals surface area contributed by atoms with Crippen LogP contribution in [0.15, 0.2) is 41.3 Å². The quantitative estimate of drug-likeness (QED) is 0.606. The average molecular weight is 381 g/mol. The number of carbonyl (C=O) groups excluding carboxylic acids is 1. The van der Waals surface area contributed by atoms with E-state index >= 15 is 0 Å². The zero-order chi connectivity index (χ0) is 20.1. The summed E-state index contributed by atoms with van der Waals surface area (Å²) >= 11 is 0. The Morgan fingerprint density at radius 1 is 1.25 bits per heavy atom. The molecule has 144 valence electrons. The molecule has 9 nitrogen and oxygen atoms in total. The van der Waals surface area contributed by atoms with Crippen LogP contribution in [0.2, 0.25) is 0 Å². The maximum absolute atomic E-state index is 12.4. The number of para-hydroxylation sites is 1. The van der Waals surface area contributed by atoms with E-state index < -0.39 is 23.2 Å². The Bertz CT molecular complexity index is 1130. The summed E-state index contributed by atoms with van der Waals surface area (Å²) < 4.78 is 1.56. The van der Waals surface area contributed by atoms with Gasteiger partial charge < -0.3 is 15.4 Å². The molecular weight excluding hydrogens is 362 g/mol. The first-order chi connectivity index (χ1) is 13.3. The molecule has 1 aromatic carbocycles. The van der Waals surface area contributed by atoms with Crippen molar-refractivity contribution >= 4 is 22.9 Å². The van der Waals surface area contributed by atoms with Gasteiger partial charge in [-0.05, 0) is 17.5 Å². The molecule has 28 heavy (non-hydrogen) atoms. The molecule has 0 radical (unpaired) electrons. The van der Waals surface area contributed by atoms with Gasteiger partial charge in [-0.15, -0.1) is 0 Å². The first-order valence-electron chi connectivity index (χ1n) is 8.83. The maximum atomic E-state index is 12.4. The molecule has 1 saturated carbocycles. The molecule has 1 aliphatic rings. The number of carbonyl (C=O) groups is 2. The lowest BCUT2D eigenvalue weighted by atomic mass is 10.1. The summed E-state index contributed by atoms with van der Waals surface area (Å²) in [6.07, 6.45) is 1.45. The van der Waals surface area contributed by atoms with Crippen LogP contribution in [0.3, 0.4) is 0 Å². The molecule has 2 atom stereocenters. The molecule has 1 fully saturated rings. The number of rotatable bonds is 5. The topological polar surface area (TPSA) is 130 Å². The number of amides is 1. The molecule has 1 aliphatic carbocycles.